The van der Waals surface area contributed by atoms with E-state index in [4.69, 9.17) is 0 Å². The van der Waals surface area contributed by atoms with Crippen molar-refractivity contribution in [3.05, 3.63) is 35.5 Å². The van der Waals surface area contributed by atoms with Crippen molar-refractivity contribution in [2.24, 2.45) is 0 Å². The molecule has 2 aromatic rings. The maximum absolute atomic E-state index is 2.46. The van der Waals surface area contributed by atoms with Gasteiger partial charge in [-0.15, -0.1) is 0 Å². The SMILES string of the molecule is CCC(C)n1c(C)c(C)c2ccccc21. The highest BCUT2D eigenvalue weighted by atomic mass is 15.0. The van der Waals surface area contributed by atoms with E-state index in [0.29, 0.717) is 6.04 Å². The number of para-hydroxylation sites is 1. The first-order valence-corrected chi connectivity index (χ1v) is 5.73. The zero-order valence-corrected chi connectivity index (χ0v) is 10.0. The van der Waals surface area contributed by atoms with Gasteiger partial charge in [-0.2, -0.15) is 0 Å². The van der Waals surface area contributed by atoms with E-state index in [1.54, 1.807) is 0 Å². The number of benzene rings is 1. The third-order valence-corrected chi connectivity index (χ3v) is 3.50. The summed E-state index contributed by atoms with van der Waals surface area (Å²) in [5.74, 6) is 0. The van der Waals surface area contributed by atoms with Crippen LogP contribution in [0.2, 0.25) is 0 Å². The van der Waals surface area contributed by atoms with Crippen LogP contribution in [0.15, 0.2) is 24.3 Å². The van der Waals surface area contributed by atoms with E-state index in [2.05, 4.69) is 56.5 Å². The van der Waals surface area contributed by atoms with Crippen molar-refractivity contribution in [1.29, 1.82) is 0 Å². The van der Waals surface area contributed by atoms with E-state index in [0.717, 1.165) is 0 Å². The molecule has 80 valence electrons. The molecule has 0 N–H and O–H groups in total. The number of aromatic nitrogens is 1. The maximum Gasteiger partial charge on any atom is 0.0487 e. The molecule has 1 aromatic carbocycles. The Morgan fingerprint density at radius 3 is 2.53 bits per heavy atom. The Labute approximate surface area is 91.7 Å². The van der Waals surface area contributed by atoms with Crippen LogP contribution in [-0.2, 0) is 0 Å². The van der Waals surface area contributed by atoms with E-state index in [9.17, 15) is 0 Å². The molecule has 1 aromatic heterocycles. The highest BCUT2D eigenvalue weighted by molar-refractivity contribution is 5.85. The lowest BCUT2D eigenvalue weighted by molar-refractivity contribution is 0.536. The number of hydrogen-bond acceptors (Lipinski definition) is 0. The summed E-state index contributed by atoms with van der Waals surface area (Å²) in [6.07, 6.45) is 1.18. The van der Waals surface area contributed by atoms with Crippen LogP contribution in [0, 0.1) is 13.8 Å². The van der Waals surface area contributed by atoms with Crippen molar-refractivity contribution in [2.45, 2.75) is 40.2 Å². The van der Waals surface area contributed by atoms with Gasteiger partial charge in [-0.1, -0.05) is 25.1 Å². The van der Waals surface area contributed by atoms with Crippen molar-refractivity contribution in [3.63, 3.8) is 0 Å². The summed E-state index contributed by atoms with van der Waals surface area (Å²) < 4.78 is 2.46. The third kappa shape index (κ3) is 1.46. The molecule has 0 aliphatic heterocycles. The predicted octanol–water partition coefficient (Wildman–Crippen LogP) is 4.23. The summed E-state index contributed by atoms with van der Waals surface area (Å²) in [4.78, 5) is 0. The molecule has 0 saturated heterocycles. The minimum absolute atomic E-state index is 0.587. The molecule has 0 saturated carbocycles. The molecule has 2 rings (SSSR count). The van der Waals surface area contributed by atoms with Gasteiger partial charge in [0, 0.05) is 22.6 Å². The summed E-state index contributed by atoms with van der Waals surface area (Å²) in [7, 11) is 0. The van der Waals surface area contributed by atoms with Gasteiger partial charge in [-0.05, 0) is 38.8 Å². The lowest BCUT2D eigenvalue weighted by atomic mass is 10.2. The molecule has 1 heterocycles. The first-order valence-electron chi connectivity index (χ1n) is 5.73. The van der Waals surface area contributed by atoms with Crippen molar-refractivity contribution in [1.82, 2.24) is 4.57 Å². The quantitative estimate of drug-likeness (QED) is 0.685. The fraction of sp³-hybridized carbons (Fsp3) is 0.429. The Kier molecular flexibility index (Phi) is 2.56. The Hall–Kier alpha value is -1.24. The Morgan fingerprint density at radius 2 is 1.87 bits per heavy atom. The summed E-state index contributed by atoms with van der Waals surface area (Å²) in [6.45, 7) is 8.98. The van der Waals surface area contributed by atoms with Gasteiger partial charge >= 0.3 is 0 Å². The molecule has 1 heteroatoms. The van der Waals surface area contributed by atoms with Gasteiger partial charge < -0.3 is 4.57 Å². The van der Waals surface area contributed by atoms with Crippen molar-refractivity contribution in [3.8, 4) is 0 Å². The van der Waals surface area contributed by atoms with E-state index in [1.807, 2.05) is 0 Å². The van der Waals surface area contributed by atoms with Crippen molar-refractivity contribution < 1.29 is 0 Å². The standard InChI is InChI=1S/C14H19N/c1-5-10(2)15-12(4)11(3)13-8-6-7-9-14(13)15/h6-10H,5H2,1-4H3. The van der Waals surface area contributed by atoms with E-state index in [1.165, 1.54) is 28.6 Å². The van der Waals surface area contributed by atoms with Crippen LogP contribution in [0.1, 0.15) is 37.6 Å². The van der Waals surface area contributed by atoms with Crippen LogP contribution < -0.4 is 0 Å². The number of aryl methyl sites for hydroxylation is 1. The molecule has 0 spiro atoms. The molecule has 0 fully saturated rings. The number of hydrogen-bond donors (Lipinski definition) is 0. The lowest BCUT2D eigenvalue weighted by Gasteiger charge is -2.15. The second-order valence-electron chi connectivity index (χ2n) is 4.35. The molecule has 0 radical (unpaired) electrons. The molecular formula is C14H19N. The fourth-order valence-electron chi connectivity index (χ4n) is 2.31. The van der Waals surface area contributed by atoms with Gasteiger partial charge in [-0.3, -0.25) is 0 Å². The minimum atomic E-state index is 0.587. The van der Waals surface area contributed by atoms with Crippen LogP contribution in [0.4, 0.5) is 0 Å². The van der Waals surface area contributed by atoms with Crippen LogP contribution in [0.25, 0.3) is 10.9 Å². The second-order valence-corrected chi connectivity index (χ2v) is 4.35. The number of rotatable bonds is 2. The van der Waals surface area contributed by atoms with Gasteiger partial charge in [0.15, 0.2) is 0 Å². The molecule has 15 heavy (non-hydrogen) atoms. The summed E-state index contributed by atoms with van der Waals surface area (Å²) >= 11 is 0. The zero-order chi connectivity index (χ0) is 11.0. The molecule has 0 aliphatic rings. The van der Waals surface area contributed by atoms with Gasteiger partial charge in [0.2, 0.25) is 0 Å². The zero-order valence-electron chi connectivity index (χ0n) is 10.0. The summed E-state index contributed by atoms with van der Waals surface area (Å²) in [5, 5.41) is 1.40. The Morgan fingerprint density at radius 1 is 1.20 bits per heavy atom. The van der Waals surface area contributed by atoms with Gasteiger partial charge in [0.05, 0.1) is 0 Å². The minimum Gasteiger partial charge on any atom is -0.342 e. The fourth-order valence-corrected chi connectivity index (χ4v) is 2.31. The predicted molar refractivity (Wildman–Crippen MR) is 66.4 cm³/mol. The van der Waals surface area contributed by atoms with E-state index in [-0.39, 0.29) is 0 Å². The molecule has 0 bridgehead atoms. The molecule has 0 aliphatic carbocycles. The molecule has 1 unspecified atom stereocenters. The Bertz CT molecular complexity index is 479. The summed E-state index contributed by atoms with van der Waals surface area (Å²) in [5.41, 5.74) is 4.21. The molecule has 1 nitrogen and oxygen atoms in total. The maximum atomic E-state index is 2.46. The van der Waals surface area contributed by atoms with Crippen molar-refractivity contribution >= 4 is 10.9 Å². The van der Waals surface area contributed by atoms with Gasteiger partial charge in [-0.25, -0.2) is 0 Å². The van der Waals surface area contributed by atoms with Crippen LogP contribution in [0.3, 0.4) is 0 Å². The number of nitrogens with zero attached hydrogens (tertiary/aromatic N) is 1. The number of fused-ring (bicyclic) bond motifs is 1. The van der Waals surface area contributed by atoms with Gasteiger partial charge in [0.1, 0.15) is 0 Å². The Balaban J connectivity index is 2.77. The third-order valence-electron chi connectivity index (χ3n) is 3.50. The molecule has 0 amide bonds. The first-order chi connectivity index (χ1) is 7.16. The van der Waals surface area contributed by atoms with Crippen LogP contribution in [0.5, 0.6) is 0 Å². The van der Waals surface area contributed by atoms with Crippen molar-refractivity contribution in [2.75, 3.05) is 0 Å². The normalized spacial score (nSPS) is 13.3. The van der Waals surface area contributed by atoms with Gasteiger partial charge in [0.25, 0.3) is 0 Å². The van der Waals surface area contributed by atoms with E-state index < -0.39 is 0 Å². The van der Waals surface area contributed by atoms with Crippen LogP contribution >= 0.6 is 0 Å². The highest BCUT2D eigenvalue weighted by Gasteiger charge is 2.13. The average Bonchev–Trinajstić information content (AvgIpc) is 2.52. The monoisotopic (exact) mass is 201 g/mol. The van der Waals surface area contributed by atoms with E-state index >= 15 is 0 Å². The second kappa shape index (κ2) is 3.73. The smallest absolute Gasteiger partial charge is 0.0487 e. The lowest BCUT2D eigenvalue weighted by Crippen LogP contribution is -2.05. The first kappa shape index (κ1) is 10.3. The summed E-state index contributed by atoms with van der Waals surface area (Å²) in [6, 6.07) is 9.28. The largest absolute Gasteiger partial charge is 0.342 e. The average molecular weight is 201 g/mol. The van der Waals surface area contributed by atoms with Crippen LogP contribution in [-0.4, -0.2) is 4.57 Å². The molecule has 1 atom stereocenters. The topological polar surface area (TPSA) is 4.93 Å². The molecular weight excluding hydrogens is 182 g/mol. The highest BCUT2D eigenvalue weighted by Crippen LogP contribution is 2.29.